The molecule has 8 heteroatoms. The summed E-state index contributed by atoms with van der Waals surface area (Å²) in [6.45, 7) is 6.71. The standard InChI is InChI=1S/C17H22N2O6/c1-9(15-11(20)7-17(3,4)8-12(15)21)18-10(2)16(24)25-19-13(22)5-6-14(19)23/h10,20H,5-8H2,1-4H3/t10-/m0/s1. The summed E-state index contributed by atoms with van der Waals surface area (Å²) in [5.74, 6) is -2.31. The highest BCUT2D eigenvalue weighted by Gasteiger charge is 2.36. The minimum atomic E-state index is -1.04. The molecule has 0 aromatic heterocycles. The van der Waals surface area contributed by atoms with Crippen LogP contribution in [0.4, 0.5) is 0 Å². The van der Waals surface area contributed by atoms with Crippen molar-refractivity contribution in [3.63, 3.8) is 0 Å². The van der Waals surface area contributed by atoms with Gasteiger partial charge in [0.2, 0.25) is 0 Å². The number of aliphatic hydroxyl groups is 1. The maximum Gasteiger partial charge on any atom is 0.357 e. The third kappa shape index (κ3) is 4.12. The molecule has 0 bridgehead atoms. The molecule has 0 spiro atoms. The second-order valence-corrected chi connectivity index (χ2v) is 7.15. The Bertz CT molecular complexity index is 688. The predicted octanol–water partition coefficient (Wildman–Crippen LogP) is 1.64. The fourth-order valence-electron chi connectivity index (χ4n) is 2.93. The fourth-order valence-corrected chi connectivity index (χ4v) is 2.93. The molecule has 25 heavy (non-hydrogen) atoms. The van der Waals surface area contributed by atoms with Crippen molar-refractivity contribution in [2.24, 2.45) is 10.4 Å². The number of amides is 2. The maximum atomic E-state index is 12.3. The topological polar surface area (TPSA) is 113 Å². The number of aliphatic hydroxyl groups excluding tert-OH is 1. The summed E-state index contributed by atoms with van der Waals surface area (Å²) < 4.78 is 0. The van der Waals surface area contributed by atoms with Gasteiger partial charge in [0.1, 0.15) is 11.8 Å². The Morgan fingerprint density at radius 3 is 2.28 bits per heavy atom. The number of hydrogen-bond donors (Lipinski definition) is 1. The van der Waals surface area contributed by atoms with E-state index in [0.717, 1.165) is 0 Å². The fraction of sp³-hybridized carbons (Fsp3) is 0.588. The number of Topliss-reactive ketones (excluding diaryl/α,β-unsaturated/α-hetero) is 1. The molecule has 0 aromatic rings. The molecule has 0 saturated carbocycles. The van der Waals surface area contributed by atoms with E-state index in [1.165, 1.54) is 13.8 Å². The van der Waals surface area contributed by atoms with Gasteiger partial charge in [0, 0.05) is 31.4 Å². The van der Waals surface area contributed by atoms with Crippen molar-refractivity contribution in [3.05, 3.63) is 11.3 Å². The molecule has 1 fully saturated rings. The van der Waals surface area contributed by atoms with Crippen LogP contribution in [0.3, 0.4) is 0 Å². The first-order chi connectivity index (χ1) is 11.5. The van der Waals surface area contributed by atoms with Crippen molar-refractivity contribution in [1.29, 1.82) is 0 Å². The van der Waals surface area contributed by atoms with Gasteiger partial charge in [0.05, 0.1) is 5.57 Å². The Hall–Kier alpha value is -2.51. The van der Waals surface area contributed by atoms with Crippen molar-refractivity contribution in [3.8, 4) is 0 Å². The van der Waals surface area contributed by atoms with E-state index in [0.29, 0.717) is 11.5 Å². The molecule has 2 amide bonds. The third-order valence-corrected chi connectivity index (χ3v) is 4.13. The van der Waals surface area contributed by atoms with Crippen LogP contribution in [0.15, 0.2) is 16.3 Å². The van der Waals surface area contributed by atoms with Crippen LogP contribution in [-0.4, -0.2) is 45.5 Å². The lowest BCUT2D eigenvalue weighted by Crippen LogP contribution is -2.35. The Kier molecular flexibility index (Phi) is 5.10. The molecular weight excluding hydrogens is 328 g/mol. The van der Waals surface area contributed by atoms with Crippen LogP contribution in [0.25, 0.3) is 0 Å². The molecule has 2 rings (SSSR count). The second-order valence-electron chi connectivity index (χ2n) is 7.15. The van der Waals surface area contributed by atoms with Crippen LogP contribution >= 0.6 is 0 Å². The number of aliphatic imine (C=N–C) groups is 1. The van der Waals surface area contributed by atoms with Gasteiger partial charge in [-0.1, -0.05) is 13.8 Å². The number of imide groups is 1. The Balaban J connectivity index is 2.13. The van der Waals surface area contributed by atoms with E-state index >= 15 is 0 Å². The van der Waals surface area contributed by atoms with Crippen LogP contribution in [0.5, 0.6) is 0 Å². The van der Waals surface area contributed by atoms with Gasteiger partial charge < -0.3 is 9.94 Å². The average Bonchev–Trinajstić information content (AvgIpc) is 2.76. The van der Waals surface area contributed by atoms with Gasteiger partial charge in [0.25, 0.3) is 11.8 Å². The molecule has 1 atom stereocenters. The smallest absolute Gasteiger partial charge is 0.357 e. The number of carbonyl (C=O) groups excluding carboxylic acids is 4. The van der Waals surface area contributed by atoms with Crippen LogP contribution in [0, 0.1) is 5.41 Å². The van der Waals surface area contributed by atoms with Crippen molar-refractivity contribution in [2.75, 3.05) is 0 Å². The number of nitrogens with zero attached hydrogens (tertiary/aromatic N) is 2. The summed E-state index contributed by atoms with van der Waals surface area (Å²) in [6, 6.07) is -1.04. The lowest BCUT2D eigenvalue weighted by atomic mass is 9.76. The summed E-state index contributed by atoms with van der Waals surface area (Å²) in [5, 5.41) is 10.6. The number of hydroxylamine groups is 2. The summed E-state index contributed by atoms with van der Waals surface area (Å²) >= 11 is 0. The first-order valence-electron chi connectivity index (χ1n) is 8.09. The second kappa shape index (κ2) is 6.78. The summed E-state index contributed by atoms with van der Waals surface area (Å²) in [7, 11) is 0. The maximum absolute atomic E-state index is 12.3. The third-order valence-electron chi connectivity index (χ3n) is 4.13. The van der Waals surface area contributed by atoms with Crippen LogP contribution in [-0.2, 0) is 24.0 Å². The number of ketones is 1. The average molecular weight is 350 g/mol. The van der Waals surface area contributed by atoms with Crippen molar-refractivity contribution >= 4 is 29.3 Å². The zero-order valence-corrected chi connectivity index (χ0v) is 14.8. The van der Waals surface area contributed by atoms with E-state index in [1.807, 2.05) is 13.8 Å². The SMILES string of the molecule is CC(=N[C@@H](C)C(=O)ON1C(=O)CCC1=O)C1=C(O)CC(C)(C)CC1=O. The molecule has 0 aromatic carbocycles. The van der Waals surface area contributed by atoms with E-state index in [-0.39, 0.29) is 47.5 Å². The molecule has 1 aliphatic heterocycles. The molecule has 0 radical (unpaired) electrons. The Morgan fingerprint density at radius 2 is 1.76 bits per heavy atom. The predicted molar refractivity (Wildman–Crippen MR) is 87.4 cm³/mol. The largest absolute Gasteiger partial charge is 0.511 e. The van der Waals surface area contributed by atoms with Gasteiger partial charge in [0.15, 0.2) is 5.78 Å². The molecule has 136 valence electrons. The quantitative estimate of drug-likeness (QED) is 0.609. The molecule has 2 aliphatic rings. The molecule has 8 nitrogen and oxygen atoms in total. The van der Waals surface area contributed by atoms with Crippen molar-refractivity contribution in [1.82, 2.24) is 5.06 Å². The molecule has 1 saturated heterocycles. The number of carbonyl (C=O) groups is 4. The van der Waals surface area contributed by atoms with Crippen LogP contribution in [0.1, 0.15) is 53.4 Å². The molecular formula is C17H22N2O6. The van der Waals surface area contributed by atoms with E-state index in [2.05, 4.69) is 4.99 Å². The Labute approximate surface area is 145 Å². The van der Waals surface area contributed by atoms with Crippen LogP contribution < -0.4 is 0 Å². The highest BCUT2D eigenvalue weighted by molar-refractivity contribution is 6.22. The molecule has 0 unspecified atom stereocenters. The minimum absolute atomic E-state index is 0.00777. The highest BCUT2D eigenvalue weighted by Crippen LogP contribution is 2.36. The van der Waals surface area contributed by atoms with E-state index < -0.39 is 23.8 Å². The summed E-state index contributed by atoms with van der Waals surface area (Å²) in [6.07, 6.45) is 0.632. The van der Waals surface area contributed by atoms with Crippen LogP contribution in [0.2, 0.25) is 0 Å². The van der Waals surface area contributed by atoms with Crippen molar-refractivity contribution < 1.29 is 29.1 Å². The van der Waals surface area contributed by atoms with Gasteiger partial charge in [-0.15, -0.1) is 5.06 Å². The lowest BCUT2D eigenvalue weighted by Gasteiger charge is -2.29. The van der Waals surface area contributed by atoms with E-state index in [4.69, 9.17) is 4.84 Å². The minimum Gasteiger partial charge on any atom is -0.511 e. The van der Waals surface area contributed by atoms with E-state index in [9.17, 15) is 24.3 Å². The monoisotopic (exact) mass is 350 g/mol. The van der Waals surface area contributed by atoms with Gasteiger partial charge in [-0.05, 0) is 19.3 Å². The first-order valence-corrected chi connectivity index (χ1v) is 8.09. The normalized spacial score (nSPS) is 22.5. The molecule has 1 heterocycles. The molecule has 1 N–H and O–H groups in total. The zero-order valence-electron chi connectivity index (χ0n) is 14.8. The van der Waals surface area contributed by atoms with Gasteiger partial charge >= 0.3 is 5.97 Å². The van der Waals surface area contributed by atoms with Gasteiger partial charge in [-0.2, -0.15) is 0 Å². The summed E-state index contributed by atoms with van der Waals surface area (Å²) in [4.78, 5) is 56.1. The number of rotatable bonds is 4. The first kappa shape index (κ1) is 18.8. The van der Waals surface area contributed by atoms with Gasteiger partial charge in [-0.3, -0.25) is 19.4 Å². The van der Waals surface area contributed by atoms with Crippen molar-refractivity contribution in [2.45, 2.75) is 59.4 Å². The molecule has 1 aliphatic carbocycles. The van der Waals surface area contributed by atoms with E-state index in [1.54, 1.807) is 0 Å². The zero-order chi connectivity index (χ0) is 18.9. The Morgan fingerprint density at radius 1 is 1.20 bits per heavy atom. The van der Waals surface area contributed by atoms with Gasteiger partial charge in [-0.25, -0.2) is 4.79 Å². The number of hydrogen-bond acceptors (Lipinski definition) is 7. The summed E-state index contributed by atoms with van der Waals surface area (Å²) in [5.41, 5.74) is 0.0141. The lowest BCUT2D eigenvalue weighted by molar-refractivity contribution is -0.198. The highest BCUT2D eigenvalue weighted by atomic mass is 16.7. The number of allylic oxidation sites excluding steroid dienone is 2.